The van der Waals surface area contributed by atoms with Crippen LogP contribution in [0.3, 0.4) is 0 Å². The van der Waals surface area contributed by atoms with Gasteiger partial charge in [-0.15, -0.1) is 0 Å². The van der Waals surface area contributed by atoms with Crippen LogP contribution < -0.4 is 5.32 Å². The number of amides is 1. The number of hydrogen-bond acceptors (Lipinski definition) is 2. The SMILES string of the molecule is CC1CCOC1C(=O)NCC1(CBr)CCCCC1. The van der Waals surface area contributed by atoms with Gasteiger partial charge in [-0.05, 0) is 30.6 Å². The summed E-state index contributed by atoms with van der Waals surface area (Å²) >= 11 is 3.63. The predicted octanol–water partition coefficient (Wildman–Crippen LogP) is 2.87. The summed E-state index contributed by atoms with van der Waals surface area (Å²) in [6, 6.07) is 0. The average Bonchev–Trinajstić information content (AvgIpc) is 2.83. The van der Waals surface area contributed by atoms with Gasteiger partial charge < -0.3 is 10.1 Å². The number of alkyl halides is 1. The zero-order chi connectivity index (χ0) is 13.0. The zero-order valence-electron chi connectivity index (χ0n) is 11.2. The van der Waals surface area contributed by atoms with Crippen molar-refractivity contribution < 1.29 is 9.53 Å². The van der Waals surface area contributed by atoms with E-state index in [0.717, 1.165) is 24.9 Å². The van der Waals surface area contributed by atoms with Crippen molar-refractivity contribution in [3.8, 4) is 0 Å². The fourth-order valence-corrected chi connectivity index (χ4v) is 3.82. The number of carbonyl (C=O) groups excluding carboxylic acids is 1. The van der Waals surface area contributed by atoms with Crippen LogP contribution in [-0.2, 0) is 9.53 Å². The second-order valence-corrected chi connectivity index (χ2v) is 6.53. The van der Waals surface area contributed by atoms with Crippen molar-refractivity contribution in [3.63, 3.8) is 0 Å². The monoisotopic (exact) mass is 317 g/mol. The third kappa shape index (κ3) is 3.27. The second-order valence-electron chi connectivity index (χ2n) is 5.97. The van der Waals surface area contributed by atoms with Crippen LogP contribution in [0.1, 0.15) is 45.4 Å². The van der Waals surface area contributed by atoms with Gasteiger partial charge in [0, 0.05) is 18.5 Å². The van der Waals surface area contributed by atoms with E-state index in [2.05, 4.69) is 28.2 Å². The molecule has 1 N–H and O–H groups in total. The Labute approximate surface area is 118 Å². The molecule has 104 valence electrons. The molecular formula is C14H24BrNO2. The number of nitrogens with one attached hydrogen (secondary N) is 1. The first-order valence-corrected chi connectivity index (χ1v) is 8.24. The molecule has 1 saturated heterocycles. The van der Waals surface area contributed by atoms with Gasteiger partial charge in [0.2, 0.25) is 5.91 Å². The lowest BCUT2D eigenvalue weighted by Gasteiger charge is -2.36. The van der Waals surface area contributed by atoms with Crippen LogP contribution in [0.5, 0.6) is 0 Å². The third-order valence-corrected chi connectivity index (χ3v) is 5.67. The molecule has 0 aromatic rings. The first-order chi connectivity index (χ1) is 8.67. The van der Waals surface area contributed by atoms with E-state index in [1.54, 1.807) is 0 Å². The Morgan fingerprint density at radius 3 is 2.67 bits per heavy atom. The van der Waals surface area contributed by atoms with E-state index in [1.165, 1.54) is 32.1 Å². The molecule has 1 aliphatic heterocycles. The van der Waals surface area contributed by atoms with E-state index in [-0.39, 0.29) is 17.4 Å². The molecule has 0 aromatic carbocycles. The molecule has 2 aliphatic rings. The molecule has 18 heavy (non-hydrogen) atoms. The summed E-state index contributed by atoms with van der Waals surface area (Å²) < 4.78 is 5.51. The molecule has 2 atom stereocenters. The van der Waals surface area contributed by atoms with Crippen LogP contribution >= 0.6 is 15.9 Å². The highest BCUT2D eigenvalue weighted by molar-refractivity contribution is 9.09. The lowest BCUT2D eigenvalue weighted by molar-refractivity contribution is -0.132. The highest BCUT2D eigenvalue weighted by atomic mass is 79.9. The molecule has 1 aliphatic carbocycles. The topological polar surface area (TPSA) is 38.3 Å². The molecule has 2 rings (SSSR count). The lowest BCUT2D eigenvalue weighted by atomic mass is 9.75. The van der Waals surface area contributed by atoms with Gasteiger partial charge >= 0.3 is 0 Å². The minimum Gasteiger partial charge on any atom is -0.368 e. The van der Waals surface area contributed by atoms with E-state index in [9.17, 15) is 4.79 Å². The average molecular weight is 318 g/mol. The number of rotatable bonds is 4. The molecule has 1 heterocycles. The quantitative estimate of drug-likeness (QED) is 0.810. The van der Waals surface area contributed by atoms with Crippen LogP contribution in [0.15, 0.2) is 0 Å². The second kappa shape index (κ2) is 6.38. The van der Waals surface area contributed by atoms with Gasteiger partial charge in [0.15, 0.2) is 0 Å². The Bertz CT molecular complexity index is 290. The van der Waals surface area contributed by atoms with Crippen molar-refractivity contribution in [2.24, 2.45) is 11.3 Å². The highest BCUT2D eigenvalue weighted by Crippen LogP contribution is 2.37. The number of carbonyl (C=O) groups is 1. The van der Waals surface area contributed by atoms with Crippen molar-refractivity contribution in [1.29, 1.82) is 0 Å². The van der Waals surface area contributed by atoms with Crippen molar-refractivity contribution in [3.05, 3.63) is 0 Å². The van der Waals surface area contributed by atoms with Gasteiger partial charge in [-0.25, -0.2) is 0 Å². The summed E-state index contributed by atoms with van der Waals surface area (Å²) in [6.45, 7) is 3.62. The Hall–Kier alpha value is -0.0900. The Morgan fingerprint density at radius 2 is 2.11 bits per heavy atom. The van der Waals surface area contributed by atoms with Crippen LogP contribution in [0.4, 0.5) is 0 Å². The van der Waals surface area contributed by atoms with Crippen LogP contribution in [0.2, 0.25) is 0 Å². The molecule has 2 unspecified atom stereocenters. The van der Waals surface area contributed by atoms with E-state index < -0.39 is 0 Å². The summed E-state index contributed by atoms with van der Waals surface area (Å²) in [7, 11) is 0. The van der Waals surface area contributed by atoms with Gasteiger partial charge in [0.05, 0.1) is 0 Å². The maximum Gasteiger partial charge on any atom is 0.249 e. The number of hydrogen-bond donors (Lipinski definition) is 1. The molecule has 3 nitrogen and oxygen atoms in total. The Morgan fingerprint density at radius 1 is 1.39 bits per heavy atom. The van der Waals surface area contributed by atoms with E-state index >= 15 is 0 Å². The molecule has 1 saturated carbocycles. The largest absolute Gasteiger partial charge is 0.368 e. The van der Waals surface area contributed by atoms with Gasteiger partial charge in [0.1, 0.15) is 6.10 Å². The first-order valence-electron chi connectivity index (χ1n) is 7.12. The molecule has 0 aromatic heterocycles. The summed E-state index contributed by atoms with van der Waals surface area (Å²) in [5.74, 6) is 0.446. The highest BCUT2D eigenvalue weighted by Gasteiger charge is 2.34. The van der Waals surface area contributed by atoms with Gasteiger partial charge in [-0.1, -0.05) is 42.1 Å². The van der Waals surface area contributed by atoms with Crippen LogP contribution in [-0.4, -0.2) is 30.5 Å². The smallest absolute Gasteiger partial charge is 0.249 e. The van der Waals surface area contributed by atoms with Gasteiger partial charge in [0.25, 0.3) is 0 Å². The standard InChI is InChI=1S/C14H24BrNO2/c1-11-5-8-18-12(11)13(17)16-10-14(9-15)6-3-2-4-7-14/h11-12H,2-10H2,1H3,(H,16,17). The Balaban J connectivity index is 1.83. The van der Waals surface area contributed by atoms with Gasteiger partial charge in [-0.2, -0.15) is 0 Å². The zero-order valence-corrected chi connectivity index (χ0v) is 12.8. The molecule has 0 radical (unpaired) electrons. The molecule has 4 heteroatoms. The van der Waals surface area contributed by atoms with Crippen molar-refractivity contribution in [1.82, 2.24) is 5.32 Å². The predicted molar refractivity (Wildman–Crippen MR) is 75.8 cm³/mol. The molecular weight excluding hydrogens is 294 g/mol. The third-order valence-electron chi connectivity index (χ3n) is 4.48. The maximum atomic E-state index is 12.1. The summed E-state index contributed by atoms with van der Waals surface area (Å²) in [5.41, 5.74) is 0.274. The minimum atomic E-state index is -0.221. The van der Waals surface area contributed by atoms with Crippen LogP contribution in [0.25, 0.3) is 0 Å². The van der Waals surface area contributed by atoms with Gasteiger partial charge in [-0.3, -0.25) is 4.79 Å². The van der Waals surface area contributed by atoms with Crippen LogP contribution in [0, 0.1) is 11.3 Å². The van der Waals surface area contributed by atoms with Crippen molar-refractivity contribution in [2.45, 2.75) is 51.6 Å². The summed E-state index contributed by atoms with van der Waals surface area (Å²) in [5, 5.41) is 4.11. The summed E-state index contributed by atoms with van der Waals surface area (Å²) in [4.78, 5) is 12.1. The lowest BCUT2D eigenvalue weighted by Crippen LogP contribution is -2.45. The first kappa shape index (κ1) is 14.3. The molecule has 2 fully saturated rings. The van der Waals surface area contributed by atoms with Crippen molar-refractivity contribution in [2.75, 3.05) is 18.5 Å². The fraction of sp³-hybridized carbons (Fsp3) is 0.929. The molecule has 1 amide bonds. The normalized spacial score (nSPS) is 31.2. The number of halogens is 1. The minimum absolute atomic E-state index is 0.0888. The van der Waals surface area contributed by atoms with E-state index in [0.29, 0.717) is 5.92 Å². The molecule has 0 bridgehead atoms. The fourth-order valence-electron chi connectivity index (χ4n) is 3.07. The van der Waals surface area contributed by atoms with E-state index in [4.69, 9.17) is 4.74 Å². The Kier molecular flexibility index (Phi) is 5.07. The number of ether oxygens (including phenoxy) is 1. The molecule has 0 spiro atoms. The summed E-state index contributed by atoms with van der Waals surface area (Å²) in [6.07, 6.45) is 7.14. The van der Waals surface area contributed by atoms with E-state index in [1.807, 2.05) is 0 Å². The maximum absolute atomic E-state index is 12.1. The van der Waals surface area contributed by atoms with Crippen molar-refractivity contribution >= 4 is 21.8 Å².